The van der Waals surface area contributed by atoms with Crippen molar-refractivity contribution in [2.24, 2.45) is 0 Å². The highest BCUT2D eigenvalue weighted by Gasteiger charge is 2.18. The molecule has 0 fully saturated rings. The molecular formula is C45H38. The molecule has 0 heteroatoms. The largest absolute Gasteiger partial charge is 0.0836 e. The highest BCUT2D eigenvalue weighted by atomic mass is 14.2. The summed E-state index contributed by atoms with van der Waals surface area (Å²) in [6, 6.07) is 53.4. The molecule has 0 saturated heterocycles. The van der Waals surface area contributed by atoms with Gasteiger partial charge in [-0.3, -0.25) is 0 Å². The van der Waals surface area contributed by atoms with Crippen LogP contribution in [-0.2, 0) is 0 Å². The lowest BCUT2D eigenvalue weighted by molar-refractivity contribution is 0.871. The third-order valence-electron chi connectivity index (χ3n) is 8.82. The molecule has 0 aliphatic heterocycles. The van der Waals surface area contributed by atoms with Gasteiger partial charge in [-0.2, -0.15) is 0 Å². The van der Waals surface area contributed by atoms with Crippen LogP contribution in [0.2, 0.25) is 0 Å². The topological polar surface area (TPSA) is 0 Å². The van der Waals surface area contributed by atoms with Crippen molar-refractivity contribution in [3.63, 3.8) is 0 Å². The fraction of sp³-hybridized carbons (Fsp3) is 0.111. The summed E-state index contributed by atoms with van der Waals surface area (Å²) in [6.45, 7) is 4.66. The molecule has 1 aliphatic carbocycles. The number of hydrogen-bond acceptors (Lipinski definition) is 0. The van der Waals surface area contributed by atoms with Gasteiger partial charge in [-0.25, -0.2) is 0 Å². The van der Waals surface area contributed by atoms with E-state index in [1.54, 1.807) is 0 Å². The fourth-order valence-electron chi connectivity index (χ4n) is 6.64. The van der Waals surface area contributed by atoms with Crippen molar-refractivity contribution in [1.82, 2.24) is 0 Å². The van der Waals surface area contributed by atoms with Gasteiger partial charge in [0.2, 0.25) is 0 Å². The number of allylic oxidation sites excluding steroid dienone is 4. The molecule has 0 radical (unpaired) electrons. The van der Waals surface area contributed by atoms with Gasteiger partial charge in [0.25, 0.3) is 0 Å². The van der Waals surface area contributed by atoms with E-state index in [9.17, 15) is 0 Å². The third kappa shape index (κ3) is 6.10. The minimum Gasteiger partial charge on any atom is -0.0836 e. The monoisotopic (exact) mass is 578 g/mol. The lowest BCUT2D eigenvalue weighted by atomic mass is 9.83. The molecule has 0 aromatic heterocycles. The molecular weight excluding hydrogens is 540 g/mol. The summed E-state index contributed by atoms with van der Waals surface area (Å²) in [5.41, 5.74) is 16.5. The summed E-state index contributed by atoms with van der Waals surface area (Å²) >= 11 is 0. The molecule has 218 valence electrons. The highest BCUT2D eigenvalue weighted by Crippen LogP contribution is 2.42. The standard InChI is InChI=1S/C45H38/c1-32(2)45-43(41-28-37(33-16-7-3-8-17-33)26-38(29-41)34-18-9-4-10-19-34)24-15-25-44(45)42-30-39(35-20-11-5-12-21-35)27-40(31-42)36-22-13-6-14-23-36/h3-5,7-13,15-32H,6,14H2,1-2H3. The van der Waals surface area contributed by atoms with Gasteiger partial charge in [0.05, 0.1) is 0 Å². The van der Waals surface area contributed by atoms with Gasteiger partial charge in [0.1, 0.15) is 0 Å². The normalized spacial score (nSPS) is 12.7. The van der Waals surface area contributed by atoms with Gasteiger partial charge in [-0.15, -0.1) is 0 Å². The van der Waals surface area contributed by atoms with Crippen molar-refractivity contribution in [2.75, 3.05) is 0 Å². The molecule has 0 nitrogen and oxygen atoms in total. The van der Waals surface area contributed by atoms with Crippen LogP contribution in [0.25, 0.3) is 61.2 Å². The van der Waals surface area contributed by atoms with E-state index in [0.717, 1.165) is 12.8 Å². The first-order valence-corrected chi connectivity index (χ1v) is 16.1. The van der Waals surface area contributed by atoms with Crippen molar-refractivity contribution in [1.29, 1.82) is 0 Å². The molecule has 6 aromatic carbocycles. The Morgan fingerprint density at radius 2 is 0.822 bits per heavy atom. The van der Waals surface area contributed by atoms with E-state index in [2.05, 4.69) is 178 Å². The molecule has 0 heterocycles. The molecule has 0 spiro atoms. The average molecular weight is 579 g/mol. The second kappa shape index (κ2) is 12.8. The van der Waals surface area contributed by atoms with Crippen LogP contribution in [0.1, 0.15) is 43.7 Å². The molecule has 6 aromatic rings. The molecule has 0 unspecified atom stereocenters. The third-order valence-corrected chi connectivity index (χ3v) is 8.82. The quantitative estimate of drug-likeness (QED) is 0.177. The molecule has 1 aliphatic rings. The Morgan fingerprint density at radius 1 is 0.400 bits per heavy atom. The minimum atomic E-state index is 0.328. The van der Waals surface area contributed by atoms with Crippen LogP contribution >= 0.6 is 0 Å². The highest BCUT2D eigenvalue weighted by molar-refractivity contribution is 5.88. The zero-order chi connectivity index (χ0) is 30.6. The fourth-order valence-corrected chi connectivity index (χ4v) is 6.64. The van der Waals surface area contributed by atoms with Crippen LogP contribution < -0.4 is 0 Å². The SMILES string of the molecule is CC(C)c1c(-c2cc(C3=CCCC=C3)cc(-c3ccccc3)c2)cccc1-c1cc(-c2ccccc2)cc(-c2ccccc2)c1. The first kappa shape index (κ1) is 28.6. The van der Waals surface area contributed by atoms with Crippen LogP contribution in [-0.4, -0.2) is 0 Å². The van der Waals surface area contributed by atoms with Crippen molar-refractivity contribution >= 4 is 5.57 Å². The average Bonchev–Trinajstić information content (AvgIpc) is 3.12. The molecule has 0 N–H and O–H groups in total. The van der Waals surface area contributed by atoms with Gasteiger partial charge in [0, 0.05) is 0 Å². The predicted octanol–water partition coefficient (Wildman–Crippen LogP) is 12.9. The Bertz CT molecular complexity index is 1930. The number of benzene rings is 6. The van der Waals surface area contributed by atoms with E-state index in [-0.39, 0.29) is 0 Å². The van der Waals surface area contributed by atoms with Crippen LogP contribution in [0, 0.1) is 0 Å². The van der Waals surface area contributed by atoms with Gasteiger partial charge in [-0.05, 0) is 127 Å². The van der Waals surface area contributed by atoms with Crippen LogP contribution in [0.4, 0.5) is 0 Å². The van der Waals surface area contributed by atoms with E-state index in [1.165, 1.54) is 72.3 Å². The molecule has 0 amide bonds. The van der Waals surface area contributed by atoms with E-state index in [4.69, 9.17) is 0 Å². The Morgan fingerprint density at radius 3 is 1.24 bits per heavy atom. The molecule has 0 atom stereocenters. The summed E-state index contributed by atoms with van der Waals surface area (Å²) in [6.07, 6.45) is 9.17. The second-order valence-electron chi connectivity index (χ2n) is 12.3. The summed E-state index contributed by atoms with van der Waals surface area (Å²) in [4.78, 5) is 0. The summed E-state index contributed by atoms with van der Waals surface area (Å²) in [5.74, 6) is 0.328. The van der Waals surface area contributed by atoms with Gasteiger partial charge in [-0.1, -0.05) is 141 Å². The van der Waals surface area contributed by atoms with E-state index < -0.39 is 0 Å². The lowest BCUT2D eigenvalue weighted by Gasteiger charge is -2.21. The Hall–Kier alpha value is -5.20. The van der Waals surface area contributed by atoms with Gasteiger partial charge in [0.15, 0.2) is 0 Å². The Kier molecular flexibility index (Phi) is 8.13. The molecule has 0 bridgehead atoms. The first-order chi connectivity index (χ1) is 22.1. The summed E-state index contributed by atoms with van der Waals surface area (Å²) in [5, 5.41) is 0. The zero-order valence-electron chi connectivity index (χ0n) is 26.1. The maximum Gasteiger partial charge on any atom is -0.0143 e. The van der Waals surface area contributed by atoms with Crippen LogP contribution in [0.5, 0.6) is 0 Å². The van der Waals surface area contributed by atoms with Crippen molar-refractivity contribution in [2.45, 2.75) is 32.6 Å². The van der Waals surface area contributed by atoms with E-state index in [0.29, 0.717) is 5.92 Å². The smallest absolute Gasteiger partial charge is 0.0143 e. The van der Waals surface area contributed by atoms with Crippen molar-refractivity contribution in [3.8, 4) is 55.6 Å². The molecule has 45 heavy (non-hydrogen) atoms. The summed E-state index contributed by atoms with van der Waals surface area (Å²) in [7, 11) is 0. The Balaban J connectivity index is 1.44. The maximum atomic E-state index is 2.40. The second-order valence-corrected chi connectivity index (χ2v) is 12.3. The maximum absolute atomic E-state index is 2.40. The predicted molar refractivity (Wildman–Crippen MR) is 194 cm³/mol. The van der Waals surface area contributed by atoms with Gasteiger partial charge < -0.3 is 0 Å². The van der Waals surface area contributed by atoms with Crippen LogP contribution in [0.15, 0.2) is 164 Å². The summed E-state index contributed by atoms with van der Waals surface area (Å²) < 4.78 is 0. The van der Waals surface area contributed by atoms with Crippen LogP contribution in [0.3, 0.4) is 0 Å². The van der Waals surface area contributed by atoms with E-state index in [1.807, 2.05) is 0 Å². The lowest BCUT2D eigenvalue weighted by Crippen LogP contribution is -1.99. The number of rotatable bonds is 7. The Labute approximate surface area is 268 Å². The molecule has 7 rings (SSSR count). The van der Waals surface area contributed by atoms with Gasteiger partial charge >= 0.3 is 0 Å². The van der Waals surface area contributed by atoms with Crippen molar-refractivity contribution in [3.05, 3.63) is 175 Å². The van der Waals surface area contributed by atoms with E-state index >= 15 is 0 Å². The molecule has 0 saturated carbocycles. The minimum absolute atomic E-state index is 0.328. The van der Waals surface area contributed by atoms with Crippen molar-refractivity contribution < 1.29 is 0 Å². The number of hydrogen-bond donors (Lipinski definition) is 0. The zero-order valence-corrected chi connectivity index (χ0v) is 26.1. The first-order valence-electron chi connectivity index (χ1n) is 16.1.